The summed E-state index contributed by atoms with van der Waals surface area (Å²) in [5, 5.41) is 0. The van der Waals surface area contributed by atoms with Gasteiger partial charge in [-0.2, -0.15) is 0 Å². The Bertz CT molecular complexity index is 745. The molecule has 106 valence electrons. The van der Waals surface area contributed by atoms with Gasteiger partial charge in [-0.05, 0) is 58.7 Å². The molecular formula is C14H15BrN2O2S. The van der Waals surface area contributed by atoms with Gasteiger partial charge in [0.1, 0.15) is 0 Å². The molecule has 0 heterocycles. The van der Waals surface area contributed by atoms with E-state index in [0.29, 0.717) is 15.8 Å². The van der Waals surface area contributed by atoms with Gasteiger partial charge in [0.2, 0.25) is 0 Å². The third-order valence-electron chi connectivity index (χ3n) is 2.99. The number of nitrogens with two attached hydrogens (primary N) is 1. The van der Waals surface area contributed by atoms with Crippen LogP contribution < -0.4 is 10.0 Å². The van der Waals surface area contributed by atoms with E-state index in [1.54, 1.807) is 12.1 Å². The molecular weight excluding hydrogens is 340 g/mol. The molecule has 0 saturated heterocycles. The van der Waals surface area contributed by atoms with E-state index in [4.69, 9.17) is 5.73 Å². The van der Waals surface area contributed by atoms with Crippen LogP contribution in [-0.4, -0.2) is 15.5 Å². The number of nitrogen functional groups attached to an aromatic ring is 1. The van der Waals surface area contributed by atoms with Crippen molar-refractivity contribution in [3.05, 3.63) is 52.5 Å². The smallest absolute Gasteiger partial charge is 0.264 e. The Labute approximate surface area is 127 Å². The molecule has 2 rings (SSSR count). The van der Waals surface area contributed by atoms with Gasteiger partial charge in [0, 0.05) is 17.2 Å². The van der Waals surface area contributed by atoms with Crippen LogP contribution in [0.2, 0.25) is 0 Å². The number of halogens is 1. The highest BCUT2D eigenvalue weighted by molar-refractivity contribution is 9.10. The first-order chi connectivity index (χ1) is 9.32. The zero-order chi connectivity index (χ0) is 14.9. The zero-order valence-electron chi connectivity index (χ0n) is 11.2. The molecule has 0 radical (unpaired) electrons. The number of aryl methyl sites for hydroxylation is 1. The van der Waals surface area contributed by atoms with Gasteiger partial charge < -0.3 is 5.73 Å². The fraction of sp³-hybridized carbons (Fsp3) is 0.143. The summed E-state index contributed by atoms with van der Waals surface area (Å²) in [5.74, 6) is 0. The Balaban J connectivity index is 2.46. The third-order valence-corrected chi connectivity index (χ3v) is 5.49. The minimum Gasteiger partial charge on any atom is -0.398 e. The predicted molar refractivity (Wildman–Crippen MR) is 85.3 cm³/mol. The SMILES string of the molecule is Cc1cccc(N(C)S(=O)(=O)c2ccc(Br)c(N)c2)c1. The van der Waals surface area contributed by atoms with Gasteiger partial charge in [0.15, 0.2) is 0 Å². The second-order valence-electron chi connectivity index (χ2n) is 4.49. The largest absolute Gasteiger partial charge is 0.398 e. The van der Waals surface area contributed by atoms with Crippen molar-refractivity contribution in [2.24, 2.45) is 0 Å². The number of anilines is 2. The van der Waals surface area contributed by atoms with Crippen LogP contribution in [0.4, 0.5) is 11.4 Å². The molecule has 2 N–H and O–H groups in total. The van der Waals surface area contributed by atoms with Gasteiger partial charge in [-0.1, -0.05) is 12.1 Å². The summed E-state index contributed by atoms with van der Waals surface area (Å²) >= 11 is 3.25. The Kier molecular flexibility index (Phi) is 4.06. The van der Waals surface area contributed by atoms with E-state index in [2.05, 4.69) is 15.9 Å². The van der Waals surface area contributed by atoms with Gasteiger partial charge in [-0.3, -0.25) is 4.31 Å². The summed E-state index contributed by atoms with van der Waals surface area (Å²) in [6, 6.07) is 11.9. The van der Waals surface area contributed by atoms with Crippen LogP contribution in [0.15, 0.2) is 51.8 Å². The summed E-state index contributed by atoms with van der Waals surface area (Å²) in [4.78, 5) is 0.169. The maximum absolute atomic E-state index is 12.6. The van der Waals surface area contributed by atoms with E-state index >= 15 is 0 Å². The van der Waals surface area contributed by atoms with Crippen LogP contribution in [0.1, 0.15) is 5.56 Å². The molecule has 20 heavy (non-hydrogen) atoms. The number of hydrogen-bond donors (Lipinski definition) is 1. The number of nitrogens with zero attached hydrogens (tertiary/aromatic N) is 1. The molecule has 6 heteroatoms. The molecule has 2 aromatic carbocycles. The Hall–Kier alpha value is -1.53. The van der Waals surface area contributed by atoms with Crippen LogP contribution in [0.25, 0.3) is 0 Å². The number of hydrogen-bond acceptors (Lipinski definition) is 3. The Morgan fingerprint density at radius 1 is 1.15 bits per heavy atom. The van der Waals surface area contributed by atoms with Crippen LogP contribution in [0.3, 0.4) is 0 Å². The minimum atomic E-state index is -3.62. The van der Waals surface area contributed by atoms with Gasteiger partial charge in [-0.25, -0.2) is 8.42 Å². The molecule has 0 amide bonds. The molecule has 0 atom stereocenters. The van der Waals surface area contributed by atoms with Crippen LogP contribution in [0, 0.1) is 6.92 Å². The van der Waals surface area contributed by atoms with Gasteiger partial charge in [0.05, 0.1) is 10.6 Å². The lowest BCUT2D eigenvalue weighted by molar-refractivity contribution is 0.594. The zero-order valence-corrected chi connectivity index (χ0v) is 13.6. The maximum atomic E-state index is 12.6. The third kappa shape index (κ3) is 2.81. The Morgan fingerprint density at radius 3 is 2.45 bits per heavy atom. The van der Waals surface area contributed by atoms with E-state index in [9.17, 15) is 8.42 Å². The average Bonchev–Trinajstić information content (AvgIpc) is 2.40. The van der Waals surface area contributed by atoms with Gasteiger partial charge in [-0.15, -0.1) is 0 Å². The average molecular weight is 355 g/mol. The maximum Gasteiger partial charge on any atom is 0.264 e. The molecule has 0 bridgehead atoms. The van der Waals surface area contributed by atoms with Crippen LogP contribution in [-0.2, 0) is 10.0 Å². The van der Waals surface area contributed by atoms with E-state index in [1.165, 1.54) is 23.5 Å². The highest BCUT2D eigenvalue weighted by atomic mass is 79.9. The summed E-state index contributed by atoms with van der Waals surface area (Å²) < 4.78 is 27.1. The quantitative estimate of drug-likeness (QED) is 0.861. The van der Waals surface area contributed by atoms with Crippen molar-refractivity contribution in [3.63, 3.8) is 0 Å². The fourth-order valence-electron chi connectivity index (χ4n) is 1.80. The number of rotatable bonds is 3. The van der Waals surface area contributed by atoms with Crippen LogP contribution >= 0.6 is 15.9 Å². The van der Waals surface area contributed by atoms with Crippen molar-refractivity contribution >= 4 is 37.3 Å². The van der Waals surface area contributed by atoms with Gasteiger partial charge in [0.25, 0.3) is 10.0 Å². The topological polar surface area (TPSA) is 63.4 Å². The van der Waals surface area contributed by atoms with Crippen molar-refractivity contribution in [3.8, 4) is 0 Å². The van der Waals surface area contributed by atoms with Crippen molar-refractivity contribution in [2.45, 2.75) is 11.8 Å². The lowest BCUT2D eigenvalue weighted by Crippen LogP contribution is -2.26. The summed E-state index contributed by atoms with van der Waals surface area (Å²) in [6.07, 6.45) is 0. The fourth-order valence-corrected chi connectivity index (χ4v) is 3.27. The molecule has 0 aliphatic carbocycles. The van der Waals surface area contributed by atoms with E-state index < -0.39 is 10.0 Å². The monoisotopic (exact) mass is 354 g/mol. The lowest BCUT2D eigenvalue weighted by atomic mass is 10.2. The molecule has 0 fully saturated rings. The highest BCUT2D eigenvalue weighted by Gasteiger charge is 2.21. The summed E-state index contributed by atoms with van der Waals surface area (Å²) in [7, 11) is -2.09. The summed E-state index contributed by atoms with van der Waals surface area (Å²) in [5.41, 5.74) is 7.76. The van der Waals surface area contributed by atoms with Crippen molar-refractivity contribution in [2.75, 3.05) is 17.1 Å². The standard InChI is InChI=1S/C14H15BrN2O2S/c1-10-4-3-5-11(8-10)17(2)20(18,19)12-6-7-13(15)14(16)9-12/h3-9H,16H2,1-2H3. The van der Waals surface area contributed by atoms with Crippen molar-refractivity contribution < 1.29 is 8.42 Å². The molecule has 0 spiro atoms. The number of sulfonamides is 1. The Morgan fingerprint density at radius 2 is 1.85 bits per heavy atom. The molecule has 0 aliphatic heterocycles. The number of benzene rings is 2. The molecule has 0 unspecified atom stereocenters. The normalized spacial score (nSPS) is 11.3. The first kappa shape index (κ1) is 14.9. The molecule has 0 saturated carbocycles. The second-order valence-corrected chi connectivity index (χ2v) is 7.32. The first-order valence-electron chi connectivity index (χ1n) is 5.93. The van der Waals surface area contributed by atoms with E-state index in [0.717, 1.165) is 5.56 Å². The molecule has 0 aromatic heterocycles. The molecule has 0 aliphatic rings. The second kappa shape index (κ2) is 5.46. The van der Waals surface area contributed by atoms with E-state index in [1.807, 2.05) is 25.1 Å². The van der Waals surface area contributed by atoms with Gasteiger partial charge >= 0.3 is 0 Å². The van der Waals surface area contributed by atoms with Crippen LogP contribution in [0.5, 0.6) is 0 Å². The molecule has 2 aromatic rings. The first-order valence-corrected chi connectivity index (χ1v) is 8.16. The summed E-state index contributed by atoms with van der Waals surface area (Å²) in [6.45, 7) is 1.92. The van der Waals surface area contributed by atoms with E-state index in [-0.39, 0.29) is 4.90 Å². The van der Waals surface area contributed by atoms with Crippen molar-refractivity contribution in [1.29, 1.82) is 0 Å². The predicted octanol–water partition coefficient (Wildman–Crippen LogP) is 3.16. The van der Waals surface area contributed by atoms with Crippen molar-refractivity contribution in [1.82, 2.24) is 0 Å². The molecule has 4 nitrogen and oxygen atoms in total. The lowest BCUT2D eigenvalue weighted by Gasteiger charge is -2.20. The minimum absolute atomic E-state index is 0.169. The highest BCUT2D eigenvalue weighted by Crippen LogP contribution is 2.27.